The Morgan fingerprint density at radius 3 is 2.31 bits per heavy atom. The summed E-state index contributed by atoms with van der Waals surface area (Å²) in [7, 11) is -0.805. The summed E-state index contributed by atoms with van der Waals surface area (Å²) in [6.07, 6.45) is 1.11. The van der Waals surface area contributed by atoms with Crippen LogP contribution in [0, 0.1) is 0 Å². The third-order valence-electron chi connectivity index (χ3n) is 2.45. The highest BCUT2D eigenvalue weighted by Gasteiger charge is 2.23. The van der Waals surface area contributed by atoms with E-state index in [0.29, 0.717) is 24.3 Å². The molecule has 1 fully saturated rings. The molecule has 0 aromatic heterocycles. The van der Waals surface area contributed by atoms with Crippen molar-refractivity contribution in [1.82, 2.24) is 0 Å². The minimum absolute atomic E-state index is 0.165. The first-order chi connectivity index (χ1) is 7.56. The van der Waals surface area contributed by atoms with Gasteiger partial charge in [0.2, 0.25) is 0 Å². The molecule has 0 bridgehead atoms. The van der Waals surface area contributed by atoms with E-state index in [4.69, 9.17) is 4.74 Å². The SMILES string of the molecule is CCOC(=O)C(C(C)=O)=C1CCS(=O)CC1. The van der Waals surface area contributed by atoms with E-state index >= 15 is 0 Å². The first-order valence-electron chi connectivity index (χ1n) is 5.31. The van der Waals surface area contributed by atoms with Gasteiger partial charge in [0.25, 0.3) is 0 Å². The molecule has 0 aliphatic carbocycles. The molecule has 1 heterocycles. The summed E-state index contributed by atoms with van der Waals surface area (Å²) >= 11 is 0. The second kappa shape index (κ2) is 5.94. The summed E-state index contributed by atoms with van der Waals surface area (Å²) in [6.45, 7) is 3.33. The van der Waals surface area contributed by atoms with Gasteiger partial charge in [0.1, 0.15) is 5.57 Å². The molecular weight excluding hydrogens is 228 g/mol. The second-order valence-electron chi connectivity index (χ2n) is 3.60. The fourth-order valence-corrected chi connectivity index (χ4v) is 2.84. The first kappa shape index (κ1) is 13.1. The van der Waals surface area contributed by atoms with E-state index in [2.05, 4.69) is 0 Å². The lowest BCUT2D eigenvalue weighted by Crippen LogP contribution is -2.21. The number of Topliss-reactive ketones (excluding diaryl/α,β-unsaturated/α-hetero) is 1. The number of allylic oxidation sites excluding steroid dienone is 1. The van der Waals surface area contributed by atoms with Crippen LogP contribution in [-0.4, -0.2) is 34.1 Å². The fourth-order valence-electron chi connectivity index (χ4n) is 1.69. The number of rotatable bonds is 3. The second-order valence-corrected chi connectivity index (χ2v) is 5.30. The molecule has 0 amide bonds. The average molecular weight is 244 g/mol. The lowest BCUT2D eigenvalue weighted by molar-refractivity contribution is -0.139. The third-order valence-corrected chi connectivity index (χ3v) is 3.77. The minimum Gasteiger partial charge on any atom is -0.462 e. The molecule has 0 saturated carbocycles. The lowest BCUT2D eigenvalue weighted by atomic mass is 10.00. The van der Waals surface area contributed by atoms with Crippen LogP contribution in [0.4, 0.5) is 0 Å². The van der Waals surface area contributed by atoms with Crippen molar-refractivity contribution in [2.45, 2.75) is 26.7 Å². The Balaban J connectivity index is 2.91. The molecule has 1 rings (SSSR count). The van der Waals surface area contributed by atoms with Gasteiger partial charge in [-0.3, -0.25) is 9.00 Å². The normalized spacial score (nSPS) is 20.4. The molecule has 0 N–H and O–H groups in total. The number of ether oxygens (including phenoxy) is 1. The zero-order valence-electron chi connectivity index (χ0n) is 9.58. The summed E-state index contributed by atoms with van der Waals surface area (Å²) in [6, 6.07) is 0. The van der Waals surface area contributed by atoms with Crippen molar-refractivity contribution in [2.75, 3.05) is 18.1 Å². The maximum Gasteiger partial charge on any atom is 0.341 e. The number of hydrogen-bond acceptors (Lipinski definition) is 4. The van der Waals surface area contributed by atoms with E-state index in [1.165, 1.54) is 6.92 Å². The van der Waals surface area contributed by atoms with Crippen LogP contribution < -0.4 is 0 Å². The molecule has 1 aliphatic heterocycles. The topological polar surface area (TPSA) is 60.4 Å². The van der Waals surface area contributed by atoms with Gasteiger partial charge in [-0.25, -0.2) is 4.79 Å². The number of ketones is 1. The Morgan fingerprint density at radius 1 is 1.31 bits per heavy atom. The third kappa shape index (κ3) is 3.27. The van der Waals surface area contributed by atoms with Crippen LogP contribution in [0.2, 0.25) is 0 Å². The van der Waals surface area contributed by atoms with Crippen molar-refractivity contribution in [1.29, 1.82) is 0 Å². The van der Waals surface area contributed by atoms with Gasteiger partial charge in [-0.05, 0) is 26.7 Å². The van der Waals surface area contributed by atoms with Gasteiger partial charge in [-0.2, -0.15) is 0 Å². The van der Waals surface area contributed by atoms with Crippen LogP contribution in [0.25, 0.3) is 0 Å². The van der Waals surface area contributed by atoms with Crippen molar-refractivity contribution in [3.8, 4) is 0 Å². The van der Waals surface area contributed by atoms with Crippen LogP contribution >= 0.6 is 0 Å². The highest BCUT2D eigenvalue weighted by Crippen LogP contribution is 2.21. The maximum absolute atomic E-state index is 11.6. The zero-order valence-corrected chi connectivity index (χ0v) is 10.4. The van der Waals surface area contributed by atoms with Crippen LogP contribution in [0.5, 0.6) is 0 Å². The molecule has 1 saturated heterocycles. The van der Waals surface area contributed by atoms with Crippen molar-refractivity contribution in [3.63, 3.8) is 0 Å². The first-order valence-corrected chi connectivity index (χ1v) is 6.80. The molecule has 5 heteroatoms. The molecule has 0 radical (unpaired) electrons. The maximum atomic E-state index is 11.6. The standard InChI is InChI=1S/C11H16O4S/c1-3-15-11(13)10(8(2)12)9-4-6-16(14)7-5-9/h3-7H2,1-2H3. The van der Waals surface area contributed by atoms with Crippen molar-refractivity contribution in [3.05, 3.63) is 11.1 Å². The van der Waals surface area contributed by atoms with Gasteiger partial charge in [0, 0.05) is 22.3 Å². The van der Waals surface area contributed by atoms with E-state index in [1.807, 2.05) is 0 Å². The van der Waals surface area contributed by atoms with Crippen LogP contribution in [0.1, 0.15) is 26.7 Å². The number of carbonyl (C=O) groups is 2. The molecular formula is C11H16O4S. The predicted molar refractivity (Wildman–Crippen MR) is 61.5 cm³/mol. The van der Waals surface area contributed by atoms with Gasteiger partial charge in [-0.15, -0.1) is 0 Å². The van der Waals surface area contributed by atoms with Gasteiger partial charge < -0.3 is 4.74 Å². The van der Waals surface area contributed by atoms with E-state index in [9.17, 15) is 13.8 Å². The van der Waals surface area contributed by atoms with Crippen LogP contribution in [0.15, 0.2) is 11.1 Å². The quantitative estimate of drug-likeness (QED) is 0.321. The number of esters is 1. The van der Waals surface area contributed by atoms with E-state index in [1.54, 1.807) is 6.92 Å². The summed E-state index contributed by atoms with van der Waals surface area (Å²) in [4.78, 5) is 23.0. The van der Waals surface area contributed by atoms with E-state index in [-0.39, 0.29) is 18.0 Å². The molecule has 90 valence electrons. The number of carbonyl (C=O) groups excluding carboxylic acids is 2. The Kier molecular flexibility index (Phi) is 4.86. The average Bonchev–Trinajstić information content (AvgIpc) is 2.21. The monoisotopic (exact) mass is 244 g/mol. The van der Waals surface area contributed by atoms with Crippen molar-refractivity contribution < 1.29 is 18.5 Å². The van der Waals surface area contributed by atoms with Crippen molar-refractivity contribution in [2.24, 2.45) is 0 Å². The molecule has 0 atom stereocenters. The molecule has 0 aromatic rings. The van der Waals surface area contributed by atoms with E-state index in [0.717, 1.165) is 5.57 Å². The predicted octanol–water partition coefficient (Wildman–Crippen LogP) is 0.978. The Labute approximate surface area is 97.5 Å². The summed E-state index contributed by atoms with van der Waals surface area (Å²) in [5, 5.41) is 0. The molecule has 0 aromatic carbocycles. The Morgan fingerprint density at radius 2 is 1.88 bits per heavy atom. The number of hydrogen-bond donors (Lipinski definition) is 0. The highest BCUT2D eigenvalue weighted by molar-refractivity contribution is 7.85. The summed E-state index contributed by atoms with van der Waals surface area (Å²) in [5.74, 6) is 0.260. The van der Waals surface area contributed by atoms with Gasteiger partial charge in [-0.1, -0.05) is 5.57 Å². The Hall–Kier alpha value is -0.970. The minimum atomic E-state index is -0.805. The molecule has 4 nitrogen and oxygen atoms in total. The zero-order chi connectivity index (χ0) is 12.1. The largest absolute Gasteiger partial charge is 0.462 e. The molecule has 0 spiro atoms. The fraction of sp³-hybridized carbons (Fsp3) is 0.636. The lowest BCUT2D eigenvalue weighted by Gasteiger charge is -2.16. The van der Waals surface area contributed by atoms with Crippen LogP contribution in [-0.2, 0) is 25.1 Å². The molecule has 0 unspecified atom stereocenters. The smallest absolute Gasteiger partial charge is 0.341 e. The molecule has 1 aliphatic rings. The van der Waals surface area contributed by atoms with Crippen molar-refractivity contribution >= 4 is 22.6 Å². The van der Waals surface area contributed by atoms with Gasteiger partial charge in [0.05, 0.1) is 6.61 Å². The van der Waals surface area contributed by atoms with Gasteiger partial charge >= 0.3 is 5.97 Å². The van der Waals surface area contributed by atoms with E-state index < -0.39 is 16.8 Å². The Bertz CT molecular complexity index is 345. The highest BCUT2D eigenvalue weighted by atomic mass is 32.2. The van der Waals surface area contributed by atoms with Crippen LogP contribution in [0.3, 0.4) is 0 Å². The molecule has 16 heavy (non-hydrogen) atoms. The van der Waals surface area contributed by atoms with Gasteiger partial charge in [0.15, 0.2) is 5.78 Å². The summed E-state index contributed by atoms with van der Waals surface area (Å²) < 4.78 is 16.0. The summed E-state index contributed by atoms with van der Waals surface area (Å²) in [5.41, 5.74) is 0.962.